The summed E-state index contributed by atoms with van der Waals surface area (Å²) in [5.41, 5.74) is -0.802. The van der Waals surface area contributed by atoms with E-state index in [4.69, 9.17) is 14.2 Å². The summed E-state index contributed by atoms with van der Waals surface area (Å²) in [5.74, 6) is -1.16. The van der Waals surface area contributed by atoms with Gasteiger partial charge in [-0.2, -0.15) is 0 Å². The summed E-state index contributed by atoms with van der Waals surface area (Å²) in [6, 6.07) is 2.22. The minimum atomic E-state index is -0.987. The second-order valence-electron chi connectivity index (χ2n) is 5.54. The van der Waals surface area contributed by atoms with Crippen LogP contribution in [-0.2, 0) is 9.53 Å². The SMILES string of the molecule is CCCC(C)NC(=O)COC(=O)c1cc(OCC)c(OC)cc1[N+](=O)[O-]. The Hall–Kier alpha value is -2.84. The minimum Gasteiger partial charge on any atom is -0.493 e. The van der Waals surface area contributed by atoms with Crippen molar-refractivity contribution < 1.29 is 28.7 Å². The van der Waals surface area contributed by atoms with E-state index >= 15 is 0 Å². The Morgan fingerprint density at radius 3 is 2.50 bits per heavy atom. The van der Waals surface area contributed by atoms with Crippen LogP contribution in [0.3, 0.4) is 0 Å². The van der Waals surface area contributed by atoms with Gasteiger partial charge < -0.3 is 19.5 Å². The predicted octanol–water partition coefficient (Wildman–Crippen LogP) is 2.46. The molecule has 0 saturated carbocycles. The van der Waals surface area contributed by atoms with Crippen molar-refractivity contribution in [2.75, 3.05) is 20.3 Å². The Kier molecular flexibility index (Phi) is 8.33. The fourth-order valence-electron chi connectivity index (χ4n) is 2.32. The molecule has 0 bridgehead atoms. The standard InChI is InChI=1S/C17H24N2O7/c1-5-7-11(3)18-16(20)10-26-17(21)12-8-15(25-6-2)14(24-4)9-13(12)19(22)23/h8-9,11H,5-7,10H2,1-4H3,(H,18,20). The number of nitro groups is 1. The number of nitrogens with one attached hydrogen (secondary N) is 1. The molecule has 9 nitrogen and oxygen atoms in total. The molecule has 0 fully saturated rings. The highest BCUT2D eigenvalue weighted by Gasteiger charge is 2.26. The van der Waals surface area contributed by atoms with Gasteiger partial charge in [-0.1, -0.05) is 13.3 Å². The van der Waals surface area contributed by atoms with Gasteiger partial charge in [-0.3, -0.25) is 14.9 Å². The first-order valence-corrected chi connectivity index (χ1v) is 8.29. The number of nitrogens with zero attached hydrogens (tertiary/aromatic N) is 1. The van der Waals surface area contributed by atoms with Crippen LogP contribution in [0.25, 0.3) is 0 Å². The van der Waals surface area contributed by atoms with Crippen LogP contribution in [0.2, 0.25) is 0 Å². The molecule has 144 valence electrons. The molecule has 1 amide bonds. The van der Waals surface area contributed by atoms with Gasteiger partial charge in [-0.05, 0) is 20.3 Å². The van der Waals surface area contributed by atoms with Crippen molar-refractivity contribution >= 4 is 17.6 Å². The molecule has 0 aliphatic heterocycles. The number of carbonyl (C=O) groups is 2. The molecule has 0 aliphatic carbocycles. The molecule has 0 aromatic heterocycles. The molecule has 0 spiro atoms. The van der Waals surface area contributed by atoms with Crippen LogP contribution in [0.1, 0.15) is 44.0 Å². The van der Waals surface area contributed by atoms with Crippen LogP contribution in [0.5, 0.6) is 11.5 Å². The molecule has 0 aliphatic rings. The number of amides is 1. The minimum absolute atomic E-state index is 0.0499. The van der Waals surface area contributed by atoms with Crippen LogP contribution in [0, 0.1) is 10.1 Å². The molecule has 1 unspecified atom stereocenters. The second kappa shape index (κ2) is 10.2. The molecule has 1 rings (SSSR count). The number of benzene rings is 1. The van der Waals surface area contributed by atoms with Gasteiger partial charge in [-0.15, -0.1) is 0 Å². The molecule has 0 heterocycles. The van der Waals surface area contributed by atoms with E-state index in [1.807, 2.05) is 13.8 Å². The zero-order chi connectivity index (χ0) is 19.7. The lowest BCUT2D eigenvalue weighted by molar-refractivity contribution is -0.385. The monoisotopic (exact) mass is 368 g/mol. The van der Waals surface area contributed by atoms with Gasteiger partial charge in [0.05, 0.1) is 24.7 Å². The molecular weight excluding hydrogens is 344 g/mol. The number of ether oxygens (including phenoxy) is 3. The summed E-state index contributed by atoms with van der Waals surface area (Å²) in [5, 5.41) is 13.9. The maximum Gasteiger partial charge on any atom is 0.345 e. The van der Waals surface area contributed by atoms with Crippen molar-refractivity contribution in [3.8, 4) is 11.5 Å². The van der Waals surface area contributed by atoms with Crippen molar-refractivity contribution in [3.05, 3.63) is 27.8 Å². The summed E-state index contributed by atoms with van der Waals surface area (Å²) >= 11 is 0. The Balaban J connectivity index is 2.94. The average Bonchev–Trinajstić information content (AvgIpc) is 2.59. The lowest BCUT2D eigenvalue weighted by atomic mass is 10.1. The normalized spacial score (nSPS) is 11.4. The van der Waals surface area contributed by atoms with Crippen LogP contribution in [0.15, 0.2) is 12.1 Å². The third-order valence-corrected chi connectivity index (χ3v) is 3.46. The molecule has 26 heavy (non-hydrogen) atoms. The molecule has 9 heteroatoms. The maximum atomic E-state index is 12.2. The van der Waals surface area contributed by atoms with Gasteiger partial charge in [0.2, 0.25) is 0 Å². The fraction of sp³-hybridized carbons (Fsp3) is 0.529. The van der Waals surface area contributed by atoms with Crippen LogP contribution >= 0.6 is 0 Å². The van der Waals surface area contributed by atoms with E-state index in [0.717, 1.165) is 18.9 Å². The Labute approximate surface area is 151 Å². The predicted molar refractivity (Wildman–Crippen MR) is 93.6 cm³/mol. The molecule has 1 atom stereocenters. The number of rotatable bonds is 10. The number of hydrogen-bond donors (Lipinski definition) is 1. The topological polar surface area (TPSA) is 117 Å². The first kappa shape index (κ1) is 21.2. The van der Waals surface area contributed by atoms with E-state index in [1.54, 1.807) is 6.92 Å². The maximum absolute atomic E-state index is 12.2. The number of hydrogen-bond acceptors (Lipinski definition) is 7. The highest BCUT2D eigenvalue weighted by Crippen LogP contribution is 2.35. The second-order valence-corrected chi connectivity index (χ2v) is 5.54. The van der Waals surface area contributed by atoms with E-state index in [9.17, 15) is 19.7 Å². The number of esters is 1. The summed E-state index contributed by atoms with van der Waals surface area (Å²) in [7, 11) is 1.33. The van der Waals surface area contributed by atoms with Gasteiger partial charge in [0.1, 0.15) is 5.56 Å². The smallest absolute Gasteiger partial charge is 0.345 e. The molecule has 1 aromatic carbocycles. The van der Waals surface area contributed by atoms with Crippen molar-refractivity contribution in [1.29, 1.82) is 0 Å². The van der Waals surface area contributed by atoms with Crippen LogP contribution < -0.4 is 14.8 Å². The van der Waals surface area contributed by atoms with Crippen molar-refractivity contribution in [3.63, 3.8) is 0 Å². The molecule has 0 radical (unpaired) electrons. The summed E-state index contributed by atoms with van der Waals surface area (Å²) < 4.78 is 15.3. The highest BCUT2D eigenvalue weighted by molar-refractivity contribution is 5.96. The van der Waals surface area contributed by atoms with Crippen molar-refractivity contribution in [1.82, 2.24) is 5.32 Å². The summed E-state index contributed by atoms with van der Waals surface area (Å²) in [4.78, 5) is 34.5. The summed E-state index contributed by atoms with van der Waals surface area (Å²) in [6.07, 6.45) is 1.70. The van der Waals surface area contributed by atoms with Crippen LogP contribution in [-0.4, -0.2) is 43.2 Å². The first-order chi connectivity index (χ1) is 12.3. The number of nitro benzene ring substituents is 1. The van der Waals surface area contributed by atoms with E-state index < -0.39 is 29.1 Å². The van der Waals surface area contributed by atoms with Crippen molar-refractivity contribution in [2.45, 2.75) is 39.7 Å². The summed E-state index contributed by atoms with van der Waals surface area (Å²) in [6.45, 7) is 5.30. The van der Waals surface area contributed by atoms with Gasteiger partial charge in [0.15, 0.2) is 18.1 Å². The van der Waals surface area contributed by atoms with Crippen LogP contribution in [0.4, 0.5) is 5.69 Å². The van der Waals surface area contributed by atoms with E-state index in [-0.39, 0.29) is 29.7 Å². The average molecular weight is 368 g/mol. The lowest BCUT2D eigenvalue weighted by Gasteiger charge is -2.13. The Morgan fingerprint density at radius 1 is 1.27 bits per heavy atom. The molecule has 1 aromatic rings. The quantitative estimate of drug-likeness (QED) is 0.383. The van der Waals surface area contributed by atoms with Gasteiger partial charge in [0, 0.05) is 12.1 Å². The first-order valence-electron chi connectivity index (χ1n) is 8.29. The fourth-order valence-corrected chi connectivity index (χ4v) is 2.32. The highest BCUT2D eigenvalue weighted by atomic mass is 16.6. The van der Waals surface area contributed by atoms with E-state index in [0.29, 0.717) is 0 Å². The third kappa shape index (κ3) is 5.91. The molecule has 1 N–H and O–H groups in total. The van der Waals surface area contributed by atoms with E-state index in [1.165, 1.54) is 13.2 Å². The zero-order valence-electron chi connectivity index (χ0n) is 15.4. The Bertz CT molecular complexity index is 661. The van der Waals surface area contributed by atoms with Gasteiger partial charge in [-0.25, -0.2) is 4.79 Å². The largest absolute Gasteiger partial charge is 0.493 e. The van der Waals surface area contributed by atoms with Crippen molar-refractivity contribution in [2.24, 2.45) is 0 Å². The molecular formula is C17H24N2O7. The van der Waals surface area contributed by atoms with Gasteiger partial charge >= 0.3 is 5.97 Å². The lowest BCUT2D eigenvalue weighted by Crippen LogP contribution is -2.35. The Morgan fingerprint density at radius 2 is 1.96 bits per heavy atom. The number of methoxy groups -OCH3 is 1. The van der Waals surface area contributed by atoms with E-state index in [2.05, 4.69) is 5.32 Å². The third-order valence-electron chi connectivity index (χ3n) is 3.46. The zero-order valence-corrected chi connectivity index (χ0v) is 15.4. The number of carbonyl (C=O) groups excluding carboxylic acids is 2. The van der Waals surface area contributed by atoms with Gasteiger partial charge in [0.25, 0.3) is 11.6 Å². The molecule has 0 saturated heterocycles.